The van der Waals surface area contributed by atoms with Gasteiger partial charge in [-0.15, -0.1) is 24.0 Å². The number of rotatable bonds is 2. The molecule has 0 atom stereocenters. The van der Waals surface area contributed by atoms with Crippen LogP contribution in [0.25, 0.3) is 0 Å². The summed E-state index contributed by atoms with van der Waals surface area (Å²) < 4.78 is 23.6. The van der Waals surface area contributed by atoms with Gasteiger partial charge in [-0.25, -0.2) is 8.42 Å². The first kappa shape index (κ1) is 23.2. The zero-order valence-corrected chi connectivity index (χ0v) is 19.8. The molecule has 1 aliphatic rings. The Labute approximate surface area is 175 Å². The highest BCUT2D eigenvalue weighted by atomic mass is 127. The SMILES string of the molecule is CN=C(NCc1ccc(C(C)(C)C)cc1)N1CCS(=O)(=O)C(C)(C)C1.I. The number of halogens is 1. The summed E-state index contributed by atoms with van der Waals surface area (Å²) in [5, 5.41) is 3.36. The van der Waals surface area contributed by atoms with Crippen molar-refractivity contribution in [1.29, 1.82) is 0 Å². The van der Waals surface area contributed by atoms with Gasteiger partial charge < -0.3 is 10.2 Å². The molecule has 7 heteroatoms. The van der Waals surface area contributed by atoms with E-state index < -0.39 is 14.6 Å². The van der Waals surface area contributed by atoms with Crippen LogP contribution in [-0.2, 0) is 21.8 Å². The van der Waals surface area contributed by atoms with Crippen LogP contribution >= 0.6 is 24.0 Å². The molecule has 148 valence electrons. The van der Waals surface area contributed by atoms with Crippen molar-refractivity contribution >= 4 is 39.8 Å². The second kappa shape index (κ2) is 8.46. The molecule has 0 aromatic heterocycles. The van der Waals surface area contributed by atoms with Crippen LogP contribution in [0.5, 0.6) is 0 Å². The molecule has 0 spiro atoms. The van der Waals surface area contributed by atoms with E-state index in [2.05, 4.69) is 55.3 Å². The van der Waals surface area contributed by atoms with Crippen LogP contribution in [0.15, 0.2) is 29.3 Å². The molecule has 2 rings (SSSR count). The fourth-order valence-corrected chi connectivity index (χ4v) is 4.33. The highest BCUT2D eigenvalue weighted by molar-refractivity contribution is 14.0. The number of sulfone groups is 1. The van der Waals surface area contributed by atoms with Crippen molar-refractivity contribution in [2.45, 2.75) is 51.3 Å². The van der Waals surface area contributed by atoms with E-state index in [1.54, 1.807) is 20.9 Å². The Kier molecular flexibility index (Phi) is 7.55. The van der Waals surface area contributed by atoms with E-state index in [1.165, 1.54) is 11.1 Å². The summed E-state index contributed by atoms with van der Waals surface area (Å²) in [6.45, 7) is 11.8. The third-order valence-electron chi connectivity index (χ3n) is 4.83. The third-order valence-corrected chi connectivity index (χ3v) is 7.36. The van der Waals surface area contributed by atoms with Crippen LogP contribution in [0.3, 0.4) is 0 Å². The Bertz CT molecular complexity index is 735. The summed E-state index contributed by atoms with van der Waals surface area (Å²) in [4.78, 5) is 6.37. The molecule has 26 heavy (non-hydrogen) atoms. The summed E-state index contributed by atoms with van der Waals surface area (Å²) in [6, 6.07) is 8.59. The Morgan fingerprint density at radius 2 is 1.81 bits per heavy atom. The zero-order valence-electron chi connectivity index (χ0n) is 16.7. The molecular weight excluding hydrogens is 461 g/mol. The normalized spacial score (nSPS) is 19.6. The first-order valence-electron chi connectivity index (χ1n) is 8.74. The third kappa shape index (κ3) is 5.34. The lowest BCUT2D eigenvalue weighted by molar-refractivity contribution is 0.353. The fourth-order valence-electron chi connectivity index (χ4n) is 2.96. The number of nitrogens with zero attached hydrogens (tertiary/aromatic N) is 2. The highest BCUT2D eigenvalue weighted by Gasteiger charge is 2.40. The van der Waals surface area contributed by atoms with Gasteiger partial charge in [0.25, 0.3) is 0 Å². The first-order chi connectivity index (χ1) is 11.5. The minimum absolute atomic E-state index is 0. The van der Waals surface area contributed by atoms with Crippen LogP contribution in [0.1, 0.15) is 45.7 Å². The lowest BCUT2D eigenvalue weighted by atomic mass is 9.87. The van der Waals surface area contributed by atoms with E-state index in [0.29, 0.717) is 19.6 Å². The molecule has 0 amide bonds. The van der Waals surface area contributed by atoms with Crippen molar-refractivity contribution in [1.82, 2.24) is 10.2 Å². The smallest absolute Gasteiger partial charge is 0.193 e. The van der Waals surface area contributed by atoms with E-state index in [1.807, 2.05) is 4.90 Å². The second-order valence-corrected chi connectivity index (χ2v) is 11.1. The molecular formula is C19H32IN3O2S. The van der Waals surface area contributed by atoms with Gasteiger partial charge in [-0.1, -0.05) is 45.0 Å². The van der Waals surface area contributed by atoms with Crippen LogP contribution in [0, 0.1) is 0 Å². The minimum Gasteiger partial charge on any atom is -0.352 e. The van der Waals surface area contributed by atoms with Crippen LogP contribution in [-0.4, -0.2) is 49.9 Å². The molecule has 0 bridgehead atoms. The predicted octanol–water partition coefficient (Wildman–Crippen LogP) is 3.19. The lowest BCUT2D eigenvalue weighted by Gasteiger charge is -2.39. The quantitative estimate of drug-likeness (QED) is 0.391. The van der Waals surface area contributed by atoms with Crippen molar-refractivity contribution in [3.63, 3.8) is 0 Å². The van der Waals surface area contributed by atoms with E-state index in [4.69, 9.17) is 0 Å². The van der Waals surface area contributed by atoms with Crippen LogP contribution in [0.4, 0.5) is 0 Å². The topological polar surface area (TPSA) is 61.8 Å². The molecule has 0 unspecified atom stereocenters. The zero-order chi connectivity index (χ0) is 18.9. The Morgan fingerprint density at radius 3 is 2.27 bits per heavy atom. The Hall–Kier alpha value is -0.830. The van der Waals surface area contributed by atoms with Crippen molar-refractivity contribution < 1.29 is 8.42 Å². The molecule has 0 saturated carbocycles. The summed E-state index contributed by atoms with van der Waals surface area (Å²) >= 11 is 0. The molecule has 1 aromatic rings. The number of hydrogen-bond donors (Lipinski definition) is 1. The van der Waals surface area contributed by atoms with Gasteiger partial charge in [0.05, 0.1) is 10.5 Å². The van der Waals surface area contributed by atoms with Crippen molar-refractivity contribution in [2.75, 3.05) is 25.9 Å². The predicted molar refractivity (Wildman–Crippen MR) is 120 cm³/mol. The van der Waals surface area contributed by atoms with E-state index in [0.717, 1.165) is 5.96 Å². The van der Waals surface area contributed by atoms with Crippen molar-refractivity contribution in [3.05, 3.63) is 35.4 Å². The van der Waals surface area contributed by atoms with Crippen LogP contribution < -0.4 is 5.32 Å². The minimum atomic E-state index is -3.05. The van der Waals surface area contributed by atoms with Crippen molar-refractivity contribution in [3.8, 4) is 0 Å². The standard InChI is InChI=1S/C19H31N3O2S.HI/c1-18(2,3)16-9-7-15(8-10-16)13-21-17(20-6)22-11-12-25(23,24)19(4,5)14-22;/h7-10H,11-14H2,1-6H3,(H,20,21);1H. The van der Waals surface area contributed by atoms with Gasteiger partial charge >= 0.3 is 0 Å². The van der Waals surface area contributed by atoms with Gasteiger partial charge in [0, 0.05) is 26.7 Å². The van der Waals surface area contributed by atoms with E-state index in [-0.39, 0.29) is 35.1 Å². The van der Waals surface area contributed by atoms with E-state index >= 15 is 0 Å². The Balaban J connectivity index is 0.00000338. The maximum Gasteiger partial charge on any atom is 0.193 e. The molecule has 0 aliphatic carbocycles. The Morgan fingerprint density at radius 1 is 1.23 bits per heavy atom. The number of nitrogens with one attached hydrogen (secondary N) is 1. The van der Waals surface area contributed by atoms with Gasteiger partial charge in [-0.05, 0) is 30.4 Å². The van der Waals surface area contributed by atoms with Crippen LogP contribution in [0.2, 0.25) is 0 Å². The van der Waals surface area contributed by atoms with Crippen molar-refractivity contribution in [2.24, 2.45) is 4.99 Å². The number of aliphatic imine (C=N–C) groups is 1. The number of hydrogen-bond acceptors (Lipinski definition) is 3. The highest BCUT2D eigenvalue weighted by Crippen LogP contribution is 2.24. The molecule has 5 nitrogen and oxygen atoms in total. The van der Waals surface area contributed by atoms with Gasteiger partial charge in [0.15, 0.2) is 15.8 Å². The number of benzene rings is 1. The molecule has 1 aromatic carbocycles. The molecule has 1 fully saturated rings. The summed E-state index contributed by atoms with van der Waals surface area (Å²) in [7, 11) is -1.31. The van der Waals surface area contributed by atoms with E-state index in [9.17, 15) is 8.42 Å². The van der Waals surface area contributed by atoms with Gasteiger partial charge in [-0.2, -0.15) is 0 Å². The molecule has 1 N–H and O–H groups in total. The maximum absolute atomic E-state index is 12.2. The second-order valence-electron chi connectivity index (χ2n) is 8.35. The lowest BCUT2D eigenvalue weighted by Crippen LogP contribution is -2.57. The average Bonchev–Trinajstić information content (AvgIpc) is 2.51. The van der Waals surface area contributed by atoms with Gasteiger partial charge in [0.1, 0.15) is 0 Å². The largest absolute Gasteiger partial charge is 0.352 e. The molecule has 1 heterocycles. The number of guanidine groups is 1. The summed E-state index contributed by atoms with van der Waals surface area (Å²) in [5.41, 5.74) is 2.63. The summed E-state index contributed by atoms with van der Waals surface area (Å²) in [6.07, 6.45) is 0. The molecule has 0 radical (unpaired) electrons. The monoisotopic (exact) mass is 493 g/mol. The first-order valence-corrected chi connectivity index (χ1v) is 10.4. The molecule has 1 aliphatic heterocycles. The average molecular weight is 493 g/mol. The van der Waals surface area contributed by atoms with Gasteiger partial charge in [-0.3, -0.25) is 4.99 Å². The van der Waals surface area contributed by atoms with Gasteiger partial charge in [0.2, 0.25) is 0 Å². The maximum atomic E-state index is 12.2. The molecule has 1 saturated heterocycles. The fraction of sp³-hybridized carbons (Fsp3) is 0.632. The summed E-state index contributed by atoms with van der Waals surface area (Å²) in [5.74, 6) is 0.920.